The first-order valence-electron chi connectivity index (χ1n) is 4.44. The maximum atomic E-state index is 4.94. The Morgan fingerprint density at radius 1 is 1.46 bits per heavy atom. The number of hydroxylamine groups is 1. The highest BCUT2D eigenvalue weighted by Gasteiger charge is 2.14. The largest absolute Gasteiger partial charge is 0.305 e. The summed E-state index contributed by atoms with van der Waals surface area (Å²) in [7, 11) is 1.63. The van der Waals surface area contributed by atoms with Gasteiger partial charge >= 0.3 is 0 Å². The summed E-state index contributed by atoms with van der Waals surface area (Å²) >= 11 is 0. The third kappa shape index (κ3) is 2.79. The van der Waals surface area contributed by atoms with E-state index in [1.54, 1.807) is 13.3 Å². The summed E-state index contributed by atoms with van der Waals surface area (Å²) in [5.41, 5.74) is 4.11. The Kier molecular flexibility index (Phi) is 3.86. The Morgan fingerprint density at radius 3 is 2.69 bits per heavy atom. The van der Waals surface area contributed by atoms with Crippen molar-refractivity contribution in [3.8, 4) is 0 Å². The fourth-order valence-corrected chi connectivity index (χ4v) is 1.28. The number of hydrogen-bond acceptors (Lipinski definition) is 3. The van der Waals surface area contributed by atoms with Crippen LogP contribution in [0.3, 0.4) is 0 Å². The summed E-state index contributed by atoms with van der Waals surface area (Å²) in [6.07, 6.45) is 3.63. The first kappa shape index (κ1) is 10.2. The lowest BCUT2D eigenvalue weighted by Gasteiger charge is -2.20. The molecule has 0 saturated heterocycles. The molecule has 0 aromatic carbocycles. The molecule has 0 bridgehead atoms. The van der Waals surface area contributed by atoms with E-state index in [1.807, 2.05) is 18.3 Å². The minimum Gasteiger partial charge on any atom is -0.305 e. The van der Waals surface area contributed by atoms with Crippen LogP contribution in [0.5, 0.6) is 0 Å². The van der Waals surface area contributed by atoms with Crippen LogP contribution in [0, 0.1) is 5.92 Å². The van der Waals surface area contributed by atoms with Crippen molar-refractivity contribution in [3.05, 3.63) is 30.1 Å². The monoisotopic (exact) mass is 180 g/mol. The van der Waals surface area contributed by atoms with Crippen LogP contribution < -0.4 is 5.48 Å². The lowest BCUT2D eigenvalue weighted by molar-refractivity contribution is 0.0458. The molecule has 0 amide bonds. The Hall–Kier alpha value is -0.930. The van der Waals surface area contributed by atoms with Gasteiger partial charge in [-0.2, -0.15) is 5.48 Å². The molecule has 1 aromatic heterocycles. The predicted molar refractivity (Wildman–Crippen MR) is 52.0 cm³/mol. The van der Waals surface area contributed by atoms with E-state index in [0.29, 0.717) is 5.92 Å². The quantitative estimate of drug-likeness (QED) is 0.719. The zero-order chi connectivity index (χ0) is 9.68. The van der Waals surface area contributed by atoms with Crippen LogP contribution in [0.25, 0.3) is 0 Å². The lowest BCUT2D eigenvalue weighted by Crippen LogP contribution is -2.24. The van der Waals surface area contributed by atoms with Crippen LogP contribution in [0.4, 0.5) is 0 Å². The third-order valence-corrected chi connectivity index (χ3v) is 1.96. The molecule has 0 aliphatic rings. The van der Waals surface area contributed by atoms with E-state index in [0.717, 1.165) is 5.56 Å². The average molecular weight is 180 g/mol. The fraction of sp³-hybridized carbons (Fsp3) is 0.500. The summed E-state index contributed by atoms with van der Waals surface area (Å²) in [4.78, 5) is 9.02. The summed E-state index contributed by atoms with van der Waals surface area (Å²) in [6, 6.07) is 4.19. The van der Waals surface area contributed by atoms with Crippen molar-refractivity contribution < 1.29 is 4.84 Å². The van der Waals surface area contributed by atoms with Crippen molar-refractivity contribution in [1.29, 1.82) is 0 Å². The molecule has 0 saturated carbocycles. The van der Waals surface area contributed by atoms with E-state index in [4.69, 9.17) is 4.84 Å². The topological polar surface area (TPSA) is 34.1 Å². The van der Waals surface area contributed by atoms with Crippen molar-refractivity contribution in [2.45, 2.75) is 19.9 Å². The zero-order valence-electron chi connectivity index (χ0n) is 8.32. The second-order valence-corrected chi connectivity index (χ2v) is 3.33. The molecule has 0 spiro atoms. The minimum absolute atomic E-state index is 0.207. The normalized spacial score (nSPS) is 13.2. The summed E-state index contributed by atoms with van der Waals surface area (Å²) in [6.45, 7) is 4.29. The fourth-order valence-electron chi connectivity index (χ4n) is 1.28. The molecule has 1 N–H and O–H groups in total. The molecular weight excluding hydrogens is 164 g/mol. The van der Waals surface area contributed by atoms with Crippen LogP contribution in [-0.4, -0.2) is 12.1 Å². The molecule has 0 fully saturated rings. The van der Waals surface area contributed by atoms with Crippen molar-refractivity contribution in [1.82, 2.24) is 10.5 Å². The average Bonchev–Trinajstić information content (AvgIpc) is 2.15. The molecule has 72 valence electrons. The summed E-state index contributed by atoms with van der Waals surface area (Å²) < 4.78 is 0. The molecule has 1 atom stereocenters. The molecule has 1 heterocycles. The Labute approximate surface area is 79.1 Å². The van der Waals surface area contributed by atoms with E-state index in [-0.39, 0.29) is 6.04 Å². The van der Waals surface area contributed by atoms with E-state index in [9.17, 15) is 0 Å². The molecule has 0 radical (unpaired) electrons. The van der Waals surface area contributed by atoms with Gasteiger partial charge in [-0.25, -0.2) is 0 Å². The molecule has 0 aliphatic carbocycles. The van der Waals surface area contributed by atoms with Crippen molar-refractivity contribution in [3.63, 3.8) is 0 Å². The van der Waals surface area contributed by atoms with Gasteiger partial charge < -0.3 is 4.84 Å². The van der Waals surface area contributed by atoms with Gasteiger partial charge in [0, 0.05) is 12.4 Å². The number of nitrogens with zero attached hydrogens (tertiary/aromatic N) is 1. The SMILES string of the molecule is CON[C@@H](c1cccnc1)C(C)C. The van der Waals surface area contributed by atoms with Crippen LogP contribution in [0.15, 0.2) is 24.5 Å². The van der Waals surface area contributed by atoms with Crippen LogP contribution >= 0.6 is 0 Å². The molecule has 1 aromatic rings. The first-order chi connectivity index (χ1) is 6.25. The second-order valence-electron chi connectivity index (χ2n) is 3.33. The van der Waals surface area contributed by atoms with Crippen LogP contribution in [0.2, 0.25) is 0 Å². The van der Waals surface area contributed by atoms with Gasteiger partial charge in [-0.3, -0.25) is 4.98 Å². The second kappa shape index (κ2) is 4.94. The Bertz CT molecular complexity index is 236. The van der Waals surface area contributed by atoms with Crippen LogP contribution in [-0.2, 0) is 4.84 Å². The third-order valence-electron chi connectivity index (χ3n) is 1.96. The molecule has 13 heavy (non-hydrogen) atoms. The van der Waals surface area contributed by atoms with Gasteiger partial charge in [-0.1, -0.05) is 19.9 Å². The molecule has 3 heteroatoms. The number of pyridine rings is 1. The van der Waals surface area contributed by atoms with Gasteiger partial charge in [0.05, 0.1) is 13.2 Å². The van der Waals surface area contributed by atoms with Gasteiger partial charge in [0.15, 0.2) is 0 Å². The minimum atomic E-state index is 0.207. The molecular formula is C10H16N2O. The van der Waals surface area contributed by atoms with Gasteiger partial charge in [-0.05, 0) is 17.5 Å². The van der Waals surface area contributed by atoms with Crippen LogP contribution in [0.1, 0.15) is 25.5 Å². The van der Waals surface area contributed by atoms with E-state index < -0.39 is 0 Å². The number of hydrogen-bond donors (Lipinski definition) is 1. The highest BCUT2D eigenvalue weighted by molar-refractivity contribution is 5.13. The summed E-state index contributed by atoms with van der Waals surface area (Å²) in [5, 5.41) is 0. The maximum Gasteiger partial charge on any atom is 0.0609 e. The van der Waals surface area contributed by atoms with E-state index >= 15 is 0 Å². The molecule has 0 aliphatic heterocycles. The summed E-state index contributed by atoms with van der Waals surface area (Å²) in [5.74, 6) is 0.476. The lowest BCUT2D eigenvalue weighted by atomic mass is 9.98. The van der Waals surface area contributed by atoms with Crippen molar-refractivity contribution in [2.24, 2.45) is 5.92 Å². The van der Waals surface area contributed by atoms with Gasteiger partial charge in [-0.15, -0.1) is 0 Å². The Morgan fingerprint density at radius 2 is 2.23 bits per heavy atom. The number of aromatic nitrogens is 1. The highest BCUT2D eigenvalue weighted by atomic mass is 16.6. The number of nitrogens with one attached hydrogen (secondary N) is 1. The van der Waals surface area contributed by atoms with Gasteiger partial charge in [0.25, 0.3) is 0 Å². The zero-order valence-corrected chi connectivity index (χ0v) is 8.32. The van der Waals surface area contributed by atoms with Crippen molar-refractivity contribution >= 4 is 0 Å². The van der Waals surface area contributed by atoms with Gasteiger partial charge in [0.1, 0.15) is 0 Å². The maximum absolute atomic E-state index is 4.94. The van der Waals surface area contributed by atoms with Crippen molar-refractivity contribution in [2.75, 3.05) is 7.11 Å². The van der Waals surface area contributed by atoms with E-state index in [2.05, 4.69) is 24.3 Å². The smallest absolute Gasteiger partial charge is 0.0609 e. The standard InChI is InChI=1S/C10H16N2O/c1-8(2)10(12-13-3)9-5-4-6-11-7-9/h4-8,10,12H,1-3H3/t10-/m1/s1. The predicted octanol–water partition coefficient (Wildman–Crippen LogP) is 1.93. The van der Waals surface area contributed by atoms with E-state index in [1.165, 1.54) is 0 Å². The first-order valence-corrected chi connectivity index (χ1v) is 4.44. The molecule has 1 rings (SSSR count). The molecule has 3 nitrogen and oxygen atoms in total. The number of rotatable bonds is 4. The van der Waals surface area contributed by atoms with Gasteiger partial charge in [0.2, 0.25) is 0 Å². The Balaban J connectivity index is 2.76. The highest BCUT2D eigenvalue weighted by Crippen LogP contribution is 2.19. The molecule has 0 unspecified atom stereocenters.